The SMILES string of the molecule is O=C(Nc1ccc2oc(-c3ccnc(C(=O)N4CCC(C(c5ccccc5)n5nnc(CO)n5)CC4)c3)nc2c1)[C@@H]1C[C@@H]1F. The summed E-state index contributed by atoms with van der Waals surface area (Å²) in [6.45, 7) is 0.773. The van der Waals surface area contributed by atoms with Gasteiger partial charge in [-0.15, -0.1) is 10.2 Å². The van der Waals surface area contributed by atoms with Crippen LogP contribution in [-0.2, 0) is 11.4 Å². The quantitative estimate of drug-likeness (QED) is 0.272. The van der Waals surface area contributed by atoms with Crippen LogP contribution in [0.2, 0.25) is 0 Å². The van der Waals surface area contributed by atoms with Crippen LogP contribution in [-0.4, -0.2) is 71.3 Å². The molecule has 0 bridgehead atoms. The number of rotatable bonds is 8. The first-order valence-corrected chi connectivity index (χ1v) is 14.5. The van der Waals surface area contributed by atoms with Gasteiger partial charge < -0.3 is 19.7 Å². The molecule has 5 aromatic rings. The van der Waals surface area contributed by atoms with E-state index in [1.54, 1.807) is 46.2 Å². The average Bonchev–Trinajstić information content (AvgIpc) is 3.41. The number of halogens is 1. The molecule has 2 amide bonds. The minimum atomic E-state index is -1.07. The number of nitrogens with one attached hydrogen (secondary N) is 1. The normalized spacial score (nSPS) is 19.2. The third-order valence-corrected chi connectivity index (χ3v) is 8.20. The van der Waals surface area contributed by atoms with Gasteiger partial charge in [0.2, 0.25) is 11.8 Å². The third kappa shape index (κ3) is 5.53. The molecule has 1 saturated carbocycles. The van der Waals surface area contributed by atoms with Gasteiger partial charge in [-0.2, -0.15) is 4.80 Å². The van der Waals surface area contributed by atoms with E-state index in [4.69, 9.17) is 4.42 Å². The van der Waals surface area contributed by atoms with Gasteiger partial charge >= 0.3 is 0 Å². The van der Waals surface area contributed by atoms with E-state index in [9.17, 15) is 19.1 Å². The number of anilines is 1. The maximum Gasteiger partial charge on any atom is 0.272 e. The second-order valence-electron chi connectivity index (χ2n) is 11.1. The number of hydrogen-bond donors (Lipinski definition) is 2. The molecule has 7 rings (SSSR count). The van der Waals surface area contributed by atoms with Crippen molar-refractivity contribution in [2.45, 2.75) is 38.1 Å². The van der Waals surface area contributed by atoms with Gasteiger partial charge in [0.15, 0.2) is 11.4 Å². The van der Waals surface area contributed by atoms with Crippen LogP contribution in [0.25, 0.3) is 22.6 Å². The molecule has 1 saturated heterocycles. The Bertz CT molecular complexity index is 1820. The number of tetrazole rings is 1. The fourth-order valence-corrected chi connectivity index (χ4v) is 5.74. The molecule has 0 spiro atoms. The van der Waals surface area contributed by atoms with Crippen molar-refractivity contribution in [3.05, 3.63) is 83.9 Å². The van der Waals surface area contributed by atoms with Gasteiger partial charge in [-0.25, -0.2) is 9.37 Å². The van der Waals surface area contributed by atoms with Crippen molar-refractivity contribution in [2.24, 2.45) is 11.8 Å². The van der Waals surface area contributed by atoms with Crippen LogP contribution in [0.4, 0.5) is 10.1 Å². The van der Waals surface area contributed by atoms with E-state index in [0.29, 0.717) is 41.3 Å². The summed E-state index contributed by atoms with van der Waals surface area (Å²) in [7, 11) is 0. The smallest absolute Gasteiger partial charge is 0.272 e. The van der Waals surface area contributed by atoms with E-state index in [0.717, 1.165) is 18.4 Å². The van der Waals surface area contributed by atoms with Gasteiger partial charge in [-0.3, -0.25) is 14.6 Å². The molecule has 3 atom stereocenters. The van der Waals surface area contributed by atoms with Crippen molar-refractivity contribution in [1.29, 1.82) is 0 Å². The summed E-state index contributed by atoms with van der Waals surface area (Å²) in [5, 5.41) is 24.7. The van der Waals surface area contributed by atoms with E-state index < -0.39 is 12.1 Å². The van der Waals surface area contributed by atoms with Crippen molar-refractivity contribution in [3.8, 4) is 11.5 Å². The first kappa shape index (κ1) is 27.8. The molecule has 44 heavy (non-hydrogen) atoms. The van der Waals surface area contributed by atoms with Crippen LogP contribution in [0.3, 0.4) is 0 Å². The van der Waals surface area contributed by atoms with Gasteiger partial charge in [0, 0.05) is 30.5 Å². The number of oxazole rings is 1. The van der Waals surface area contributed by atoms with Gasteiger partial charge in [0.05, 0.1) is 5.92 Å². The van der Waals surface area contributed by atoms with E-state index in [-0.39, 0.29) is 48.3 Å². The Morgan fingerprint density at radius 1 is 1.09 bits per heavy atom. The molecule has 2 aliphatic rings. The van der Waals surface area contributed by atoms with Crippen LogP contribution in [0, 0.1) is 11.8 Å². The van der Waals surface area contributed by atoms with Crippen LogP contribution in [0.1, 0.15) is 47.2 Å². The van der Waals surface area contributed by atoms with Gasteiger partial charge in [-0.05, 0) is 66.3 Å². The number of amides is 2. The lowest BCUT2D eigenvalue weighted by molar-refractivity contribution is -0.117. The number of benzene rings is 2. The summed E-state index contributed by atoms with van der Waals surface area (Å²) in [6, 6.07) is 18.2. The van der Waals surface area contributed by atoms with Gasteiger partial charge in [-0.1, -0.05) is 30.3 Å². The highest BCUT2D eigenvalue weighted by Crippen LogP contribution is 2.36. The van der Waals surface area contributed by atoms with E-state index in [1.165, 1.54) is 0 Å². The molecular formula is C31H29FN8O4. The fraction of sp³-hybridized carbons (Fsp3) is 0.323. The maximum absolute atomic E-state index is 13.5. The van der Waals surface area contributed by atoms with Crippen LogP contribution in [0.15, 0.2) is 71.3 Å². The first-order chi connectivity index (χ1) is 21.5. The van der Waals surface area contributed by atoms with Crippen molar-refractivity contribution in [1.82, 2.24) is 35.1 Å². The Hall–Kier alpha value is -5.04. The lowest BCUT2D eigenvalue weighted by Gasteiger charge is -2.35. The number of hydrogen-bond acceptors (Lipinski definition) is 9. The molecule has 0 radical (unpaired) electrons. The van der Waals surface area contributed by atoms with Crippen LogP contribution in [0.5, 0.6) is 0 Å². The van der Waals surface area contributed by atoms with Crippen LogP contribution >= 0.6 is 0 Å². The van der Waals surface area contributed by atoms with Crippen LogP contribution < -0.4 is 5.32 Å². The van der Waals surface area contributed by atoms with Crippen molar-refractivity contribution in [2.75, 3.05) is 18.4 Å². The number of piperidine rings is 1. The molecule has 1 aliphatic heterocycles. The zero-order valence-corrected chi connectivity index (χ0v) is 23.6. The summed E-state index contributed by atoms with van der Waals surface area (Å²) < 4.78 is 19.2. The number of pyridine rings is 1. The highest BCUT2D eigenvalue weighted by molar-refractivity contribution is 5.96. The lowest BCUT2D eigenvalue weighted by atomic mass is 9.85. The number of aromatic nitrogens is 6. The molecule has 12 nitrogen and oxygen atoms in total. The molecule has 224 valence electrons. The molecule has 4 heterocycles. The van der Waals surface area contributed by atoms with Crippen molar-refractivity contribution < 1.29 is 23.5 Å². The zero-order chi connectivity index (χ0) is 30.2. The number of likely N-dealkylation sites (tertiary alicyclic amines) is 1. The molecule has 3 aromatic heterocycles. The predicted octanol–water partition coefficient (Wildman–Crippen LogP) is 3.81. The molecular weight excluding hydrogens is 567 g/mol. The lowest BCUT2D eigenvalue weighted by Crippen LogP contribution is -2.41. The summed E-state index contributed by atoms with van der Waals surface area (Å²) in [5.41, 5.74) is 3.47. The number of aliphatic hydroxyl groups excluding tert-OH is 1. The number of aliphatic hydroxyl groups is 1. The van der Waals surface area contributed by atoms with Gasteiger partial charge in [0.1, 0.15) is 30.0 Å². The zero-order valence-electron chi connectivity index (χ0n) is 23.6. The Balaban J connectivity index is 1.05. The summed E-state index contributed by atoms with van der Waals surface area (Å²) in [4.78, 5) is 37.9. The third-order valence-electron chi connectivity index (χ3n) is 8.20. The number of nitrogens with zero attached hydrogens (tertiary/aromatic N) is 7. The summed E-state index contributed by atoms with van der Waals surface area (Å²) in [6.07, 6.45) is 2.18. The van der Waals surface area contributed by atoms with Crippen molar-refractivity contribution >= 4 is 28.6 Å². The second kappa shape index (κ2) is 11.6. The monoisotopic (exact) mass is 596 g/mol. The Morgan fingerprint density at radius 3 is 2.61 bits per heavy atom. The maximum atomic E-state index is 13.5. The number of carbonyl (C=O) groups is 2. The minimum Gasteiger partial charge on any atom is -0.436 e. The van der Waals surface area contributed by atoms with E-state index in [2.05, 4.69) is 30.7 Å². The largest absolute Gasteiger partial charge is 0.436 e. The van der Waals surface area contributed by atoms with Crippen molar-refractivity contribution in [3.63, 3.8) is 0 Å². The van der Waals surface area contributed by atoms with E-state index >= 15 is 0 Å². The summed E-state index contributed by atoms with van der Waals surface area (Å²) >= 11 is 0. The fourth-order valence-electron chi connectivity index (χ4n) is 5.74. The molecule has 1 aliphatic carbocycles. The molecule has 2 aromatic carbocycles. The average molecular weight is 597 g/mol. The highest BCUT2D eigenvalue weighted by Gasteiger charge is 2.43. The van der Waals surface area contributed by atoms with Gasteiger partial charge in [0.25, 0.3) is 5.91 Å². The first-order valence-electron chi connectivity index (χ1n) is 14.5. The Kier molecular flexibility index (Phi) is 7.30. The Labute approximate surface area is 250 Å². The Morgan fingerprint density at radius 2 is 1.89 bits per heavy atom. The molecule has 2 N–H and O–H groups in total. The summed E-state index contributed by atoms with van der Waals surface area (Å²) in [5.74, 6) is -0.385. The predicted molar refractivity (Wildman–Crippen MR) is 156 cm³/mol. The number of alkyl halides is 1. The molecule has 2 fully saturated rings. The standard InChI is InChI=1S/C31H29FN8O4/c32-23-16-22(23)29(42)34-21-6-7-26-24(15-21)35-30(44-26)20-8-11-33-25(14-20)31(43)39-12-9-19(10-13-39)28(18-4-2-1-3-5-18)40-37-27(17-41)36-38-40/h1-8,11,14-15,19,22-23,28,41H,9-10,12-13,16-17H2,(H,34,42)/t22-,23+,28?/m1/s1. The van der Waals surface area contributed by atoms with E-state index in [1.807, 2.05) is 30.3 Å². The highest BCUT2D eigenvalue weighted by atomic mass is 19.1. The molecule has 1 unspecified atom stereocenters. The minimum absolute atomic E-state index is 0.151. The number of fused-ring (bicyclic) bond motifs is 1. The topological polar surface area (TPSA) is 152 Å². The second-order valence-corrected chi connectivity index (χ2v) is 11.1. The number of carbonyl (C=O) groups excluding carboxylic acids is 2. The molecule has 13 heteroatoms.